The summed E-state index contributed by atoms with van der Waals surface area (Å²) >= 11 is 0. The Bertz CT molecular complexity index is 374. The highest BCUT2D eigenvalue weighted by molar-refractivity contribution is 5.81. The van der Waals surface area contributed by atoms with Gasteiger partial charge in [0, 0.05) is 0 Å². The summed E-state index contributed by atoms with van der Waals surface area (Å²) in [4.78, 5) is 11.5. The van der Waals surface area contributed by atoms with Gasteiger partial charge in [-0.15, -0.1) is 0 Å². The van der Waals surface area contributed by atoms with E-state index in [0.29, 0.717) is 0 Å². The summed E-state index contributed by atoms with van der Waals surface area (Å²) in [5.41, 5.74) is 6.54. The van der Waals surface area contributed by atoms with Gasteiger partial charge in [0.15, 0.2) is 0 Å². The Kier molecular flexibility index (Phi) is 5.65. The number of ether oxygens (including phenoxy) is 1. The van der Waals surface area contributed by atoms with Crippen LogP contribution in [0, 0.1) is 0 Å². The predicted molar refractivity (Wildman–Crippen MR) is 72.4 cm³/mol. The van der Waals surface area contributed by atoms with Crippen LogP contribution in [-0.4, -0.2) is 18.6 Å². The van der Waals surface area contributed by atoms with E-state index < -0.39 is 6.04 Å². The van der Waals surface area contributed by atoms with Crippen molar-refractivity contribution in [2.75, 3.05) is 6.61 Å². The van der Waals surface area contributed by atoms with Crippen molar-refractivity contribution in [3.05, 3.63) is 29.8 Å². The standard InChI is InChI=1S/C14H22N2O2/c1-4-9-18-13-7-5-12(6-8-13)11(3)16-14(17)10(2)15/h5-8,10-11H,4,9,15H2,1-3H3,(H,16,17)/t10-,11?/m1/s1. The largest absolute Gasteiger partial charge is 0.494 e. The van der Waals surface area contributed by atoms with Crippen molar-refractivity contribution in [1.29, 1.82) is 0 Å². The molecule has 1 aromatic carbocycles. The predicted octanol–water partition coefficient (Wildman–Crippen LogP) is 2.00. The van der Waals surface area contributed by atoms with E-state index in [1.807, 2.05) is 31.2 Å². The van der Waals surface area contributed by atoms with Crippen molar-refractivity contribution in [1.82, 2.24) is 5.32 Å². The lowest BCUT2D eigenvalue weighted by atomic mass is 10.1. The fourth-order valence-corrected chi connectivity index (χ4v) is 1.50. The second kappa shape index (κ2) is 7.01. The number of nitrogens with one attached hydrogen (secondary N) is 1. The fourth-order valence-electron chi connectivity index (χ4n) is 1.50. The highest BCUT2D eigenvalue weighted by Gasteiger charge is 2.12. The molecule has 18 heavy (non-hydrogen) atoms. The van der Waals surface area contributed by atoms with E-state index in [-0.39, 0.29) is 11.9 Å². The van der Waals surface area contributed by atoms with E-state index in [1.54, 1.807) is 6.92 Å². The maximum absolute atomic E-state index is 11.5. The zero-order valence-electron chi connectivity index (χ0n) is 11.3. The third-order valence-corrected chi connectivity index (χ3v) is 2.63. The van der Waals surface area contributed by atoms with Gasteiger partial charge in [-0.25, -0.2) is 0 Å². The Morgan fingerprint density at radius 1 is 1.33 bits per heavy atom. The lowest BCUT2D eigenvalue weighted by Crippen LogP contribution is -2.39. The molecule has 3 N–H and O–H groups in total. The van der Waals surface area contributed by atoms with Gasteiger partial charge in [-0.1, -0.05) is 19.1 Å². The van der Waals surface area contributed by atoms with Crippen molar-refractivity contribution in [3.63, 3.8) is 0 Å². The van der Waals surface area contributed by atoms with Crippen molar-refractivity contribution >= 4 is 5.91 Å². The molecule has 2 atom stereocenters. The monoisotopic (exact) mass is 250 g/mol. The summed E-state index contributed by atoms with van der Waals surface area (Å²) in [7, 11) is 0. The number of hydrogen-bond donors (Lipinski definition) is 2. The number of carbonyl (C=O) groups is 1. The van der Waals surface area contributed by atoms with E-state index in [1.165, 1.54) is 0 Å². The zero-order valence-corrected chi connectivity index (χ0v) is 11.3. The van der Waals surface area contributed by atoms with Gasteiger partial charge < -0.3 is 15.8 Å². The van der Waals surface area contributed by atoms with Crippen LogP contribution in [0.5, 0.6) is 5.75 Å². The third kappa shape index (κ3) is 4.37. The fraction of sp³-hybridized carbons (Fsp3) is 0.500. The van der Waals surface area contributed by atoms with E-state index in [9.17, 15) is 4.79 Å². The molecule has 0 saturated carbocycles. The lowest BCUT2D eigenvalue weighted by Gasteiger charge is -2.16. The number of rotatable bonds is 6. The normalized spacial score (nSPS) is 13.8. The summed E-state index contributed by atoms with van der Waals surface area (Å²) in [5.74, 6) is 0.708. The molecule has 0 aromatic heterocycles. The number of benzene rings is 1. The van der Waals surface area contributed by atoms with Crippen molar-refractivity contribution in [2.24, 2.45) is 5.73 Å². The first-order chi connectivity index (χ1) is 8.54. The van der Waals surface area contributed by atoms with Crippen molar-refractivity contribution < 1.29 is 9.53 Å². The molecule has 0 saturated heterocycles. The molecule has 4 heteroatoms. The van der Waals surface area contributed by atoms with Crippen LogP contribution in [0.3, 0.4) is 0 Å². The minimum Gasteiger partial charge on any atom is -0.494 e. The van der Waals surface area contributed by atoms with Gasteiger partial charge in [-0.2, -0.15) is 0 Å². The molecule has 4 nitrogen and oxygen atoms in total. The van der Waals surface area contributed by atoms with Crippen LogP contribution in [0.4, 0.5) is 0 Å². The lowest BCUT2D eigenvalue weighted by molar-refractivity contribution is -0.122. The maximum Gasteiger partial charge on any atom is 0.237 e. The summed E-state index contributed by atoms with van der Waals surface area (Å²) in [6.45, 7) is 6.39. The molecule has 0 bridgehead atoms. The van der Waals surface area contributed by atoms with Gasteiger partial charge in [0.25, 0.3) is 0 Å². The molecule has 0 aliphatic rings. The zero-order chi connectivity index (χ0) is 13.5. The number of nitrogens with two attached hydrogens (primary N) is 1. The summed E-state index contributed by atoms with van der Waals surface area (Å²) < 4.78 is 5.50. The number of carbonyl (C=O) groups excluding carboxylic acids is 1. The van der Waals surface area contributed by atoms with E-state index in [0.717, 1.165) is 24.3 Å². The summed E-state index contributed by atoms with van der Waals surface area (Å²) in [6.07, 6.45) is 0.989. The van der Waals surface area contributed by atoms with Crippen LogP contribution in [0.15, 0.2) is 24.3 Å². The second-order valence-corrected chi connectivity index (χ2v) is 4.44. The Morgan fingerprint density at radius 2 is 1.94 bits per heavy atom. The topological polar surface area (TPSA) is 64.3 Å². The molecule has 0 aliphatic heterocycles. The molecule has 0 aliphatic carbocycles. The highest BCUT2D eigenvalue weighted by Crippen LogP contribution is 2.17. The van der Waals surface area contributed by atoms with Crippen LogP contribution in [0.1, 0.15) is 38.8 Å². The first-order valence-corrected chi connectivity index (χ1v) is 6.33. The Morgan fingerprint density at radius 3 is 2.44 bits per heavy atom. The molecular weight excluding hydrogens is 228 g/mol. The van der Waals surface area contributed by atoms with E-state index in [2.05, 4.69) is 12.2 Å². The van der Waals surface area contributed by atoms with Crippen LogP contribution in [-0.2, 0) is 4.79 Å². The van der Waals surface area contributed by atoms with Gasteiger partial charge in [0.05, 0.1) is 18.7 Å². The van der Waals surface area contributed by atoms with E-state index >= 15 is 0 Å². The Labute approximate surface area is 109 Å². The molecule has 1 unspecified atom stereocenters. The molecule has 0 heterocycles. The quantitative estimate of drug-likeness (QED) is 0.811. The molecule has 0 radical (unpaired) electrons. The first-order valence-electron chi connectivity index (χ1n) is 6.33. The van der Waals surface area contributed by atoms with Crippen molar-refractivity contribution in [2.45, 2.75) is 39.3 Å². The molecule has 0 spiro atoms. The smallest absolute Gasteiger partial charge is 0.237 e. The number of amides is 1. The summed E-state index contributed by atoms with van der Waals surface area (Å²) in [5, 5.41) is 2.85. The van der Waals surface area contributed by atoms with Gasteiger partial charge in [0.1, 0.15) is 5.75 Å². The van der Waals surface area contributed by atoms with Crippen molar-refractivity contribution in [3.8, 4) is 5.75 Å². The maximum atomic E-state index is 11.5. The molecular formula is C14H22N2O2. The third-order valence-electron chi connectivity index (χ3n) is 2.63. The average molecular weight is 250 g/mol. The van der Waals surface area contributed by atoms with Gasteiger partial charge >= 0.3 is 0 Å². The molecule has 1 amide bonds. The molecule has 0 fully saturated rings. The van der Waals surface area contributed by atoms with Crippen LogP contribution in [0.25, 0.3) is 0 Å². The summed E-state index contributed by atoms with van der Waals surface area (Å²) in [6, 6.07) is 7.20. The Hall–Kier alpha value is -1.55. The number of hydrogen-bond acceptors (Lipinski definition) is 3. The van der Waals surface area contributed by atoms with Crippen LogP contribution >= 0.6 is 0 Å². The Balaban J connectivity index is 2.58. The van der Waals surface area contributed by atoms with Gasteiger partial charge in [-0.3, -0.25) is 4.79 Å². The molecule has 100 valence electrons. The SMILES string of the molecule is CCCOc1ccc(C(C)NC(=O)[C@@H](C)N)cc1. The van der Waals surface area contributed by atoms with Gasteiger partial charge in [-0.05, 0) is 38.0 Å². The van der Waals surface area contributed by atoms with Gasteiger partial charge in [0.2, 0.25) is 5.91 Å². The minimum atomic E-state index is -0.486. The molecule has 1 aromatic rings. The highest BCUT2D eigenvalue weighted by atomic mass is 16.5. The second-order valence-electron chi connectivity index (χ2n) is 4.44. The van der Waals surface area contributed by atoms with Crippen LogP contribution < -0.4 is 15.8 Å². The van der Waals surface area contributed by atoms with Crippen LogP contribution in [0.2, 0.25) is 0 Å². The first kappa shape index (κ1) is 14.5. The van der Waals surface area contributed by atoms with E-state index in [4.69, 9.17) is 10.5 Å². The average Bonchev–Trinajstić information content (AvgIpc) is 2.36. The molecule has 1 rings (SSSR count). The minimum absolute atomic E-state index is 0.0521.